The smallest absolute Gasteiger partial charge is 0.0719 e. The Labute approximate surface area is 121 Å². The van der Waals surface area contributed by atoms with E-state index in [0.717, 1.165) is 29.5 Å². The number of hydrogen-bond donors (Lipinski definition) is 1. The molecule has 0 aliphatic carbocycles. The van der Waals surface area contributed by atoms with Crippen molar-refractivity contribution in [2.45, 2.75) is 25.7 Å². The third-order valence-electron chi connectivity index (χ3n) is 2.39. The Hall–Kier alpha value is -0.180. The molecule has 0 aliphatic heterocycles. The topological polar surface area (TPSA) is 12.0 Å². The Kier molecular flexibility index (Phi) is 7.02. The van der Waals surface area contributed by atoms with Crippen LogP contribution in [-0.4, -0.2) is 6.54 Å². The zero-order valence-corrected chi connectivity index (χ0v) is 12.7. The van der Waals surface area contributed by atoms with E-state index in [-0.39, 0.29) is 0 Å². The van der Waals surface area contributed by atoms with E-state index in [4.69, 9.17) is 23.2 Å². The van der Waals surface area contributed by atoms with Crippen LogP contribution in [0, 0.1) is 0 Å². The second kappa shape index (κ2) is 8.02. The number of benzene rings is 1. The average Bonchev–Trinajstić information content (AvgIpc) is 2.26. The van der Waals surface area contributed by atoms with Crippen molar-refractivity contribution < 1.29 is 0 Å². The fraction of sp³-hybridized carbons (Fsp3) is 0.385. The van der Waals surface area contributed by atoms with Gasteiger partial charge in [-0.1, -0.05) is 51.6 Å². The predicted octanol–water partition coefficient (Wildman–Crippen LogP) is 5.91. The summed E-state index contributed by atoms with van der Waals surface area (Å²) < 4.78 is 0.893. The maximum atomic E-state index is 6.11. The summed E-state index contributed by atoms with van der Waals surface area (Å²) in [6, 6.07) is 3.68. The maximum Gasteiger partial charge on any atom is 0.0719 e. The van der Waals surface area contributed by atoms with Crippen molar-refractivity contribution in [1.29, 1.82) is 0 Å². The lowest BCUT2D eigenvalue weighted by Crippen LogP contribution is -2.02. The molecule has 0 aliphatic rings. The molecule has 1 N–H and O–H groups in total. The summed E-state index contributed by atoms with van der Waals surface area (Å²) in [4.78, 5) is 0. The van der Waals surface area contributed by atoms with Crippen LogP contribution in [0.4, 0.5) is 5.69 Å². The van der Waals surface area contributed by atoms with Gasteiger partial charge in [-0.2, -0.15) is 0 Å². The minimum Gasteiger partial charge on any atom is -0.383 e. The zero-order valence-electron chi connectivity index (χ0n) is 9.61. The lowest BCUT2D eigenvalue weighted by Gasteiger charge is -2.10. The monoisotopic (exact) mass is 335 g/mol. The fourth-order valence-corrected chi connectivity index (χ4v) is 2.86. The van der Waals surface area contributed by atoms with E-state index in [1.165, 1.54) is 12.8 Å². The molecular weight excluding hydrogens is 321 g/mol. The lowest BCUT2D eigenvalue weighted by molar-refractivity contribution is 0.709. The SMILES string of the molecule is C=CCCCCCNc1c(Cl)cc(Br)cc1Cl. The number of unbranched alkanes of at least 4 members (excludes halogenated alkanes) is 3. The van der Waals surface area contributed by atoms with Gasteiger partial charge in [0.15, 0.2) is 0 Å². The molecule has 1 rings (SSSR count). The van der Waals surface area contributed by atoms with Crippen molar-refractivity contribution in [3.05, 3.63) is 39.3 Å². The molecule has 1 nitrogen and oxygen atoms in total. The Morgan fingerprint density at radius 2 is 1.82 bits per heavy atom. The Morgan fingerprint density at radius 1 is 1.18 bits per heavy atom. The normalized spacial score (nSPS) is 10.3. The largest absolute Gasteiger partial charge is 0.383 e. The predicted molar refractivity (Wildman–Crippen MR) is 81.3 cm³/mol. The molecule has 0 amide bonds. The summed E-state index contributed by atoms with van der Waals surface area (Å²) in [6.45, 7) is 4.59. The van der Waals surface area contributed by atoms with Gasteiger partial charge < -0.3 is 5.32 Å². The van der Waals surface area contributed by atoms with Crippen LogP contribution in [-0.2, 0) is 0 Å². The molecule has 0 saturated carbocycles. The molecule has 4 heteroatoms. The number of rotatable bonds is 7. The molecule has 0 saturated heterocycles. The number of nitrogens with one attached hydrogen (secondary N) is 1. The third-order valence-corrected chi connectivity index (χ3v) is 3.45. The molecule has 1 aromatic rings. The summed E-state index contributed by atoms with van der Waals surface area (Å²) in [6.07, 6.45) is 6.52. The van der Waals surface area contributed by atoms with Gasteiger partial charge in [0.25, 0.3) is 0 Å². The second-order valence-corrected chi connectivity index (χ2v) is 5.54. The number of anilines is 1. The van der Waals surface area contributed by atoms with E-state index < -0.39 is 0 Å². The van der Waals surface area contributed by atoms with E-state index in [1.807, 2.05) is 18.2 Å². The summed E-state index contributed by atoms with van der Waals surface area (Å²) in [7, 11) is 0. The summed E-state index contributed by atoms with van der Waals surface area (Å²) in [5.74, 6) is 0. The second-order valence-electron chi connectivity index (χ2n) is 3.81. The van der Waals surface area contributed by atoms with Gasteiger partial charge in [-0.3, -0.25) is 0 Å². The molecular formula is C13H16BrCl2N. The van der Waals surface area contributed by atoms with Gasteiger partial charge in [0.1, 0.15) is 0 Å². The van der Waals surface area contributed by atoms with Crippen molar-refractivity contribution in [2.75, 3.05) is 11.9 Å². The van der Waals surface area contributed by atoms with Crippen molar-refractivity contribution in [3.8, 4) is 0 Å². The molecule has 0 aromatic heterocycles. The van der Waals surface area contributed by atoms with Crippen LogP contribution in [0.15, 0.2) is 29.3 Å². The maximum absolute atomic E-state index is 6.11. The van der Waals surface area contributed by atoms with E-state index in [1.54, 1.807) is 0 Å². The molecule has 0 spiro atoms. The van der Waals surface area contributed by atoms with Crippen molar-refractivity contribution in [3.63, 3.8) is 0 Å². The van der Waals surface area contributed by atoms with Crippen LogP contribution in [0.3, 0.4) is 0 Å². The van der Waals surface area contributed by atoms with Gasteiger partial charge in [0.05, 0.1) is 15.7 Å². The van der Waals surface area contributed by atoms with E-state index >= 15 is 0 Å². The van der Waals surface area contributed by atoms with Gasteiger partial charge in [-0.25, -0.2) is 0 Å². The van der Waals surface area contributed by atoms with E-state index in [0.29, 0.717) is 10.0 Å². The summed E-state index contributed by atoms with van der Waals surface area (Å²) in [5.41, 5.74) is 0.820. The molecule has 94 valence electrons. The molecule has 0 radical (unpaired) electrons. The molecule has 1 aromatic carbocycles. The molecule has 0 fully saturated rings. The minimum absolute atomic E-state index is 0.649. The van der Waals surface area contributed by atoms with Crippen LogP contribution >= 0.6 is 39.1 Å². The van der Waals surface area contributed by atoms with Crippen molar-refractivity contribution in [2.24, 2.45) is 0 Å². The lowest BCUT2D eigenvalue weighted by atomic mass is 10.2. The van der Waals surface area contributed by atoms with Gasteiger partial charge >= 0.3 is 0 Å². The highest BCUT2D eigenvalue weighted by Crippen LogP contribution is 2.33. The summed E-state index contributed by atoms with van der Waals surface area (Å²) in [5, 5.41) is 4.57. The Balaban J connectivity index is 2.39. The van der Waals surface area contributed by atoms with Crippen LogP contribution < -0.4 is 5.32 Å². The first kappa shape index (κ1) is 14.9. The van der Waals surface area contributed by atoms with Crippen molar-refractivity contribution >= 4 is 44.8 Å². The molecule has 17 heavy (non-hydrogen) atoms. The molecule has 0 unspecified atom stereocenters. The number of allylic oxidation sites excluding steroid dienone is 1. The van der Waals surface area contributed by atoms with Crippen LogP contribution in [0.5, 0.6) is 0 Å². The van der Waals surface area contributed by atoms with Crippen LogP contribution in [0.1, 0.15) is 25.7 Å². The Morgan fingerprint density at radius 3 is 2.41 bits per heavy atom. The Bertz CT molecular complexity index is 357. The van der Waals surface area contributed by atoms with Crippen LogP contribution in [0.25, 0.3) is 0 Å². The van der Waals surface area contributed by atoms with Gasteiger partial charge in [0, 0.05) is 11.0 Å². The molecule has 0 bridgehead atoms. The quantitative estimate of drug-likeness (QED) is 0.481. The highest BCUT2D eigenvalue weighted by Gasteiger charge is 2.06. The minimum atomic E-state index is 0.649. The first-order valence-electron chi connectivity index (χ1n) is 5.64. The molecule has 0 heterocycles. The standard InChI is InChI=1S/C13H16BrCl2N/c1-2-3-4-5-6-7-17-13-11(15)8-10(14)9-12(13)16/h2,8-9,17H,1,3-7H2. The van der Waals surface area contributed by atoms with E-state index in [2.05, 4.69) is 27.8 Å². The first-order valence-corrected chi connectivity index (χ1v) is 7.19. The van der Waals surface area contributed by atoms with Gasteiger partial charge in [-0.15, -0.1) is 6.58 Å². The molecule has 0 atom stereocenters. The highest BCUT2D eigenvalue weighted by atomic mass is 79.9. The van der Waals surface area contributed by atoms with Crippen LogP contribution in [0.2, 0.25) is 10.0 Å². The zero-order chi connectivity index (χ0) is 12.7. The van der Waals surface area contributed by atoms with Gasteiger partial charge in [0.2, 0.25) is 0 Å². The average molecular weight is 337 g/mol. The fourth-order valence-electron chi connectivity index (χ4n) is 1.51. The van der Waals surface area contributed by atoms with E-state index in [9.17, 15) is 0 Å². The number of halogens is 3. The first-order chi connectivity index (χ1) is 8.15. The number of hydrogen-bond acceptors (Lipinski definition) is 1. The van der Waals surface area contributed by atoms with Gasteiger partial charge in [-0.05, 0) is 31.4 Å². The highest BCUT2D eigenvalue weighted by molar-refractivity contribution is 9.10. The van der Waals surface area contributed by atoms with Crippen molar-refractivity contribution in [1.82, 2.24) is 0 Å². The third kappa shape index (κ3) is 5.33. The summed E-state index contributed by atoms with van der Waals surface area (Å²) >= 11 is 15.6.